The molecule has 1 heterocycles. The highest BCUT2D eigenvalue weighted by atomic mass is 16.6. The molecule has 1 aliphatic rings. The number of allylic oxidation sites excluding steroid dienone is 1. The lowest BCUT2D eigenvalue weighted by molar-refractivity contribution is -0.136. The van der Waals surface area contributed by atoms with Crippen molar-refractivity contribution in [2.45, 2.75) is 32.8 Å². The molecule has 8 nitrogen and oxygen atoms in total. The van der Waals surface area contributed by atoms with Gasteiger partial charge in [-0.3, -0.25) is 0 Å². The second kappa shape index (κ2) is 13.0. The van der Waals surface area contributed by atoms with Crippen LogP contribution in [0.15, 0.2) is 96.4 Å². The molecule has 1 unspecified atom stereocenters. The highest BCUT2D eigenvalue weighted by Gasteiger charge is 2.32. The number of benzene rings is 4. The minimum atomic E-state index is -0.570. The first kappa shape index (κ1) is 29.1. The summed E-state index contributed by atoms with van der Waals surface area (Å²) in [6, 6.07) is 28.3. The van der Waals surface area contributed by atoms with Crippen molar-refractivity contribution in [2.24, 2.45) is 5.73 Å². The van der Waals surface area contributed by atoms with Crippen LogP contribution in [0.3, 0.4) is 0 Å². The minimum Gasteiger partial charge on any atom is -0.493 e. The van der Waals surface area contributed by atoms with E-state index in [-0.39, 0.29) is 23.8 Å². The molecule has 0 radical (unpaired) electrons. The van der Waals surface area contributed by atoms with Gasteiger partial charge in [0.25, 0.3) is 0 Å². The van der Waals surface area contributed by atoms with Crippen LogP contribution in [0.2, 0.25) is 0 Å². The molecule has 0 fully saturated rings. The lowest BCUT2D eigenvalue weighted by Gasteiger charge is -2.27. The molecule has 0 amide bonds. The predicted molar refractivity (Wildman–Crippen MR) is 161 cm³/mol. The maximum Gasteiger partial charge on any atom is 0.349 e. The maximum atomic E-state index is 12.5. The van der Waals surface area contributed by atoms with Gasteiger partial charge in [0, 0.05) is 11.6 Å². The van der Waals surface area contributed by atoms with Gasteiger partial charge in [-0.1, -0.05) is 61.0 Å². The van der Waals surface area contributed by atoms with Crippen molar-refractivity contribution in [3.63, 3.8) is 0 Å². The number of esters is 1. The predicted octanol–water partition coefficient (Wildman–Crippen LogP) is 6.35. The van der Waals surface area contributed by atoms with Gasteiger partial charge < -0.3 is 29.4 Å². The lowest BCUT2D eigenvalue weighted by atomic mass is 9.83. The number of rotatable bonds is 10. The van der Waals surface area contributed by atoms with Crippen LogP contribution in [-0.2, 0) is 17.8 Å². The SMILES string of the molecule is CCc1ccc(OCC(=O)Oc2ccc3c(c2)OC(N)=C(C#N)C3c2ccc(OCc3ccc(C)cc3)c(OC)c2)cc1. The van der Waals surface area contributed by atoms with Crippen molar-refractivity contribution in [1.82, 2.24) is 0 Å². The highest BCUT2D eigenvalue weighted by molar-refractivity contribution is 5.74. The fourth-order valence-electron chi connectivity index (χ4n) is 4.80. The van der Waals surface area contributed by atoms with Crippen molar-refractivity contribution in [3.05, 3.63) is 124 Å². The molecule has 0 saturated heterocycles. The van der Waals surface area contributed by atoms with Gasteiger partial charge in [-0.2, -0.15) is 5.26 Å². The van der Waals surface area contributed by atoms with Crippen molar-refractivity contribution < 1.29 is 28.5 Å². The van der Waals surface area contributed by atoms with Crippen molar-refractivity contribution >= 4 is 5.97 Å². The molecule has 218 valence electrons. The average molecular weight is 577 g/mol. The standard InChI is InChI=1S/C35H32N2O6/c1-4-23-9-12-26(13-10-23)40-21-33(38)42-27-14-15-28-31(18-27)43-35(37)29(19-36)34(28)25-11-16-30(32(17-25)39-3)41-20-24-7-5-22(2)6-8-24/h5-18,34H,4,20-21,37H2,1-3H3. The van der Waals surface area contributed by atoms with E-state index < -0.39 is 11.9 Å². The van der Waals surface area contributed by atoms with E-state index in [2.05, 4.69) is 13.0 Å². The average Bonchev–Trinajstić information content (AvgIpc) is 3.03. The molecule has 0 aliphatic carbocycles. The molecule has 1 atom stereocenters. The van der Waals surface area contributed by atoms with E-state index in [0.29, 0.717) is 35.2 Å². The molecule has 0 spiro atoms. The van der Waals surface area contributed by atoms with Crippen molar-refractivity contribution in [1.29, 1.82) is 5.26 Å². The zero-order valence-corrected chi connectivity index (χ0v) is 24.3. The molecule has 8 heteroatoms. The summed E-state index contributed by atoms with van der Waals surface area (Å²) in [4.78, 5) is 12.5. The third-order valence-corrected chi connectivity index (χ3v) is 7.15. The Morgan fingerprint density at radius 1 is 0.907 bits per heavy atom. The number of carbonyl (C=O) groups is 1. The Balaban J connectivity index is 1.33. The summed E-state index contributed by atoms with van der Waals surface area (Å²) in [6.07, 6.45) is 0.918. The minimum absolute atomic E-state index is 0.0269. The summed E-state index contributed by atoms with van der Waals surface area (Å²) < 4.78 is 28.5. The van der Waals surface area contributed by atoms with E-state index in [9.17, 15) is 10.1 Å². The Morgan fingerprint density at radius 2 is 1.63 bits per heavy atom. The maximum absolute atomic E-state index is 12.5. The number of methoxy groups -OCH3 is 1. The summed E-state index contributed by atoms with van der Waals surface area (Å²) in [7, 11) is 1.57. The van der Waals surface area contributed by atoms with Crippen molar-refractivity contribution in [2.75, 3.05) is 13.7 Å². The molecule has 4 aromatic carbocycles. The summed E-state index contributed by atoms with van der Waals surface area (Å²) in [5.74, 6) is 1.17. The Hall–Kier alpha value is -5.42. The monoisotopic (exact) mass is 576 g/mol. The Bertz CT molecular complexity index is 1690. The molecule has 43 heavy (non-hydrogen) atoms. The third-order valence-electron chi connectivity index (χ3n) is 7.15. The quantitative estimate of drug-likeness (QED) is 0.172. The summed E-state index contributed by atoms with van der Waals surface area (Å²) in [5.41, 5.74) is 11.3. The van der Waals surface area contributed by atoms with E-state index in [0.717, 1.165) is 17.5 Å². The van der Waals surface area contributed by atoms with E-state index >= 15 is 0 Å². The van der Waals surface area contributed by atoms with Gasteiger partial charge in [-0.15, -0.1) is 0 Å². The second-order valence-corrected chi connectivity index (χ2v) is 10.1. The first-order valence-electron chi connectivity index (χ1n) is 13.9. The molecule has 2 N–H and O–H groups in total. The zero-order chi connectivity index (χ0) is 30.3. The molecule has 4 aromatic rings. The Kier molecular flexibility index (Phi) is 8.82. The normalized spacial score (nSPS) is 13.8. The Labute approximate surface area is 250 Å². The fraction of sp³-hybridized carbons (Fsp3) is 0.200. The second-order valence-electron chi connectivity index (χ2n) is 10.1. The van der Waals surface area contributed by atoms with E-state index in [4.69, 9.17) is 29.4 Å². The molecule has 5 rings (SSSR count). The molecule has 0 aromatic heterocycles. The summed E-state index contributed by atoms with van der Waals surface area (Å²) >= 11 is 0. The number of nitriles is 1. The van der Waals surface area contributed by atoms with Gasteiger partial charge in [0.15, 0.2) is 18.1 Å². The van der Waals surface area contributed by atoms with Crippen LogP contribution < -0.4 is 29.4 Å². The zero-order valence-electron chi connectivity index (χ0n) is 24.3. The molecule has 0 saturated carbocycles. The lowest BCUT2D eigenvalue weighted by Crippen LogP contribution is -2.22. The smallest absolute Gasteiger partial charge is 0.349 e. The number of ether oxygens (including phenoxy) is 5. The highest BCUT2D eigenvalue weighted by Crippen LogP contribution is 2.45. The van der Waals surface area contributed by atoms with Crippen LogP contribution >= 0.6 is 0 Å². The van der Waals surface area contributed by atoms with Crippen LogP contribution in [0.1, 0.15) is 40.7 Å². The van der Waals surface area contributed by atoms with E-state index in [1.165, 1.54) is 11.1 Å². The van der Waals surface area contributed by atoms with Gasteiger partial charge in [-0.25, -0.2) is 4.79 Å². The molecular formula is C35H32N2O6. The number of nitrogens with zero attached hydrogens (tertiary/aromatic N) is 1. The van der Waals surface area contributed by atoms with Gasteiger partial charge >= 0.3 is 5.97 Å². The number of nitrogens with two attached hydrogens (primary N) is 1. The van der Waals surface area contributed by atoms with E-state index in [1.807, 2.05) is 73.7 Å². The van der Waals surface area contributed by atoms with Crippen LogP contribution in [0.25, 0.3) is 0 Å². The number of aryl methyl sites for hydroxylation is 2. The topological polar surface area (TPSA) is 113 Å². The van der Waals surface area contributed by atoms with E-state index in [1.54, 1.807) is 25.3 Å². The Morgan fingerprint density at radius 3 is 2.33 bits per heavy atom. The summed E-state index contributed by atoms with van der Waals surface area (Å²) in [5, 5.41) is 9.98. The number of carbonyl (C=O) groups excluding carboxylic acids is 1. The first-order valence-corrected chi connectivity index (χ1v) is 13.9. The van der Waals surface area contributed by atoms with Crippen LogP contribution in [0.5, 0.6) is 28.7 Å². The number of hydrogen-bond acceptors (Lipinski definition) is 8. The summed E-state index contributed by atoms with van der Waals surface area (Å²) in [6.45, 7) is 4.22. The van der Waals surface area contributed by atoms with Gasteiger partial charge in [0.1, 0.15) is 35.5 Å². The molecule has 1 aliphatic heterocycles. The van der Waals surface area contributed by atoms with Crippen LogP contribution in [0, 0.1) is 18.3 Å². The third kappa shape index (κ3) is 6.74. The molecule has 0 bridgehead atoms. The number of fused-ring (bicyclic) bond motifs is 1. The number of hydrogen-bond donors (Lipinski definition) is 1. The van der Waals surface area contributed by atoms with Crippen LogP contribution in [-0.4, -0.2) is 19.7 Å². The van der Waals surface area contributed by atoms with Gasteiger partial charge in [0.2, 0.25) is 5.88 Å². The largest absolute Gasteiger partial charge is 0.493 e. The van der Waals surface area contributed by atoms with Crippen LogP contribution in [0.4, 0.5) is 0 Å². The van der Waals surface area contributed by atoms with Gasteiger partial charge in [0.05, 0.1) is 13.0 Å². The van der Waals surface area contributed by atoms with Gasteiger partial charge in [-0.05, 0) is 60.4 Å². The molecular weight excluding hydrogens is 544 g/mol. The first-order chi connectivity index (χ1) is 20.9. The fourth-order valence-corrected chi connectivity index (χ4v) is 4.80. The van der Waals surface area contributed by atoms with Crippen molar-refractivity contribution in [3.8, 4) is 34.8 Å².